The molecule has 23 heavy (non-hydrogen) atoms. The lowest BCUT2D eigenvalue weighted by Crippen LogP contribution is -2.44. The van der Waals surface area contributed by atoms with Crippen LogP contribution in [0.4, 0.5) is 11.4 Å². The van der Waals surface area contributed by atoms with Crippen LogP contribution in [0.2, 0.25) is 0 Å². The number of rotatable bonds is 4. The maximum Gasteiger partial charge on any atom is 0.293 e. The van der Waals surface area contributed by atoms with Crippen LogP contribution in [-0.2, 0) is 0 Å². The third-order valence-electron chi connectivity index (χ3n) is 3.79. The molecule has 1 aliphatic heterocycles. The van der Waals surface area contributed by atoms with Gasteiger partial charge in [-0.05, 0) is 13.1 Å². The first-order valence-corrected chi connectivity index (χ1v) is 7.24. The molecule has 0 amide bonds. The summed E-state index contributed by atoms with van der Waals surface area (Å²) in [4.78, 5) is 15.3. The molecule has 1 aromatic carbocycles. The average molecular weight is 315 g/mol. The van der Waals surface area contributed by atoms with Gasteiger partial charge in [0.05, 0.1) is 11.1 Å². The van der Waals surface area contributed by atoms with E-state index in [0.717, 1.165) is 26.2 Å². The maximum atomic E-state index is 11.4. The number of benzene rings is 1. The molecule has 0 unspecified atom stereocenters. The second-order valence-corrected chi connectivity index (χ2v) is 5.38. The number of nitrogens with zero attached hydrogens (tertiary/aromatic N) is 7. The molecule has 2 aromatic rings. The molecule has 0 N–H and O–H groups in total. The topological polar surface area (TPSA) is 92.7 Å². The number of hydrogen-bond acceptors (Lipinski definition) is 7. The monoisotopic (exact) mass is 315 g/mol. The van der Waals surface area contributed by atoms with Gasteiger partial charge in [0.2, 0.25) is 0 Å². The van der Waals surface area contributed by atoms with Gasteiger partial charge in [-0.1, -0.05) is 6.07 Å². The van der Waals surface area contributed by atoms with Crippen molar-refractivity contribution in [3.8, 4) is 0 Å². The van der Waals surface area contributed by atoms with Crippen molar-refractivity contribution in [2.75, 3.05) is 38.1 Å². The zero-order valence-corrected chi connectivity index (χ0v) is 12.7. The Morgan fingerprint density at radius 1 is 1.22 bits per heavy atom. The summed E-state index contributed by atoms with van der Waals surface area (Å²) in [7, 11) is 2.05. The molecule has 1 saturated heterocycles. The van der Waals surface area contributed by atoms with Crippen LogP contribution in [0.15, 0.2) is 36.0 Å². The van der Waals surface area contributed by atoms with Crippen molar-refractivity contribution in [2.45, 2.75) is 0 Å². The van der Waals surface area contributed by atoms with E-state index in [1.165, 1.54) is 17.3 Å². The maximum absolute atomic E-state index is 11.4. The van der Waals surface area contributed by atoms with Crippen molar-refractivity contribution in [3.63, 3.8) is 0 Å². The lowest BCUT2D eigenvalue weighted by molar-refractivity contribution is -0.384. The van der Waals surface area contributed by atoms with Crippen LogP contribution in [0.5, 0.6) is 0 Å². The van der Waals surface area contributed by atoms with Gasteiger partial charge < -0.3 is 9.80 Å². The SMILES string of the molecule is CN1CCN(c2ccc(/C=N\n3cnnc3)cc2[N+](=O)[O-])CC1. The normalized spacial score (nSPS) is 16.1. The Hall–Kier alpha value is -2.81. The zero-order valence-electron chi connectivity index (χ0n) is 12.7. The highest BCUT2D eigenvalue weighted by Gasteiger charge is 2.22. The molecule has 0 radical (unpaired) electrons. The largest absolute Gasteiger partial charge is 0.363 e. The van der Waals surface area contributed by atoms with Crippen molar-refractivity contribution >= 4 is 17.6 Å². The van der Waals surface area contributed by atoms with Crippen molar-refractivity contribution in [2.24, 2.45) is 5.10 Å². The molecule has 2 heterocycles. The van der Waals surface area contributed by atoms with E-state index >= 15 is 0 Å². The van der Waals surface area contributed by atoms with Gasteiger partial charge in [0.15, 0.2) is 0 Å². The van der Waals surface area contributed by atoms with E-state index in [1.807, 2.05) is 6.07 Å². The lowest BCUT2D eigenvalue weighted by atomic mass is 10.1. The molecule has 3 rings (SSSR count). The number of piperazine rings is 1. The minimum absolute atomic E-state index is 0.0993. The predicted octanol–water partition coefficient (Wildman–Crippen LogP) is 0.820. The molecule has 9 nitrogen and oxygen atoms in total. The Labute approximate surface area is 133 Å². The van der Waals surface area contributed by atoms with E-state index in [9.17, 15) is 10.1 Å². The van der Waals surface area contributed by atoms with Crippen LogP contribution in [0.1, 0.15) is 5.56 Å². The van der Waals surface area contributed by atoms with Gasteiger partial charge in [-0.15, -0.1) is 10.2 Å². The summed E-state index contributed by atoms with van der Waals surface area (Å²) in [6.45, 7) is 3.36. The summed E-state index contributed by atoms with van der Waals surface area (Å²) in [5, 5.41) is 22.8. The second kappa shape index (κ2) is 6.53. The van der Waals surface area contributed by atoms with Gasteiger partial charge >= 0.3 is 0 Å². The lowest BCUT2D eigenvalue weighted by Gasteiger charge is -2.33. The average Bonchev–Trinajstić information content (AvgIpc) is 3.07. The molecule has 1 aliphatic rings. The smallest absolute Gasteiger partial charge is 0.293 e. The predicted molar refractivity (Wildman–Crippen MR) is 85.8 cm³/mol. The van der Waals surface area contributed by atoms with Crippen LogP contribution < -0.4 is 4.90 Å². The highest BCUT2D eigenvalue weighted by atomic mass is 16.6. The Morgan fingerprint density at radius 3 is 2.57 bits per heavy atom. The van der Waals surface area contributed by atoms with E-state index in [-0.39, 0.29) is 10.6 Å². The van der Waals surface area contributed by atoms with E-state index in [1.54, 1.807) is 18.3 Å². The van der Waals surface area contributed by atoms with E-state index in [4.69, 9.17) is 0 Å². The fraction of sp³-hybridized carbons (Fsp3) is 0.357. The third-order valence-corrected chi connectivity index (χ3v) is 3.79. The van der Waals surface area contributed by atoms with E-state index < -0.39 is 0 Å². The standard InChI is InChI=1S/C14H17N7O2/c1-18-4-6-19(7-5-18)13-3-2-12(8-14(13)21(22)23)9-17-20-10-15-16-11-20/h2-3,8-11H,4-7H2,1H3/b17-9-. The molecular weight excluding hydrogens is 298 g/mol. The van der Waals surface area contributed by atoms with Gasteiger partial charge in [0.25, 0.3) is 5.69 Å². The summed E-state index contributed by atoms with van der Waals surface area (Å²) >= 11 is 0. The summed E-state index contributed by atoms with van der Waals surface area (Å²) < 4.78 is 1.43. The third kappa shape index (κ3) is 3.51. The second-order valence-electron chi connectivity index (χ2n) is 5.38. The molecule has 9 heteroatoms. The summed E-state index contributed by atoms with van der Waals surface area (Å²) in [5.74, 6) is 0. The van der Waals surface area contributed by atoms with E-state index in [2.05, 4.69) is 32.1 Å². The molecule has 120 valence electrons. The first-order valence-electron chi connectivity index (χ1n) is 7.24. The molecule has 0 bridgehead atoms. The number of hydrogen-bond donors (Lipinski definition) is 0. The Kier molecular flexibility index (Phi) is 4.29. The van der Waals surface area contributed by atoms with Crippen molar-refractivity contribution in [1.82, 2.24) is 19.8 Å². The number of nitro groups is 1. The first-order chi connectivity index (χ1) is 11.1. The molecular formula is C14H17N7O2. The molecule has 0 atom stereocenters. The van der Waals surface area contributed by atoms with Crippen LogP contribution in [0.25, 0.3) is 0 Å². The highest BCUT2D eigenvalue weighted by molar-refractivity contribution is 5.83. The Balaban J connectivity index is 1.85. The van der Waals surface area contributed by atoms with Crippen molar-refractivity contribution in [3.05, 3.63) is 46.5 Å². The van der Waals surface area contributed by atoms with Crippen LogP contribution >= 0.6 is 0 Å². The van der Waals surface area contributed by atoms with Gasteiger partial charge in [0, 0.05) is 37.8 Å². The summed E-state index contributed by atoms with van der Waals surface area (Å²) in [6.07, 6.45) is 4.44. The fourth-order valence-corrected chi connectivity index (χ4v) is 2.47. The number of aromatic nitrogens is 3. The highest BCUT2D eigenvalue weighted by Crippen LogP contribution is 2.29. The minimum Gasteiger partial charge on any atom is -0.363 e. The van der Waals surface area contributed by atoms with Gasteiger partial charge in [-0.2, -0.15) is 5.10 Å². The number of nitro benzene ring substituents is 1. The molecule has 1 aromatic heterocycles. The number of anilines is 1. The van der Waals surface area contributed by atoms with Gasteiger partial charge in [-0.25, -0.2) is 4.68 Å². The summed E-state index contributed by atoms with van der Waals surface area (Å²) in [6, 6.07) is 5.16. The van der Waals surface area contributed by atoms with Gasteiger partial charge in [-0.3, -0.25) is 10.1 Å². The quantitative estimate of drug-likeness (QED) is 0.471. The first kappa shape index (κ1) is 15.1. The molecule has 0 spiro atoms. The van der Waals surface area contributed by atoms with Crippen LogP contribution in [-0.4, -0.2) is 64.1 Å². The van der Waals surface area contributed by atoms with E-state index in [0.29, 0.717) is 11.3 Å². The Bertz CT molecular complexity index is 706. The summed E-state index contributed by atoms with van der Waals surface area (Å²) in [5.41, 5.74) is 1.41. The molecule has 0 aliphatic carbocycles. The Morgan fingerprint density at radius 2 is 1.91 bits per heavy atom. The molecule has 0 saturated carbocycles. The fourth-order valence-electron chi connectivity index (χ4n) is 2.47. The van der Waals surface area contributed by atoms with Gasteiger partial charge in [0.1, 0.15) is 18.3 Å². The zero-order chi connectivity index (χ0) is 16.2. The van der Waals surface area contributed by atoms with Crippen LogP contribution in [0.3, 0.4) is 0 Å². The van der Waals surface area contributed by atoms with Crippen molar-refractivity contribution in [1.29, 1.82) is 0 Å². The molecule has 1 fully saturated rings. The number of likely N-dealkylation sites (N-methyl/N-ethyl adjacent to an activating group) is 1. The van der Waals surface area contributed by atoms with Crippen LogP contribution in [0, 0.1) is 10.1 Å². The minimum atomic E-state index is -0.343. The van der Waals surface area contributed by atoms with Crippen molar-refractivity contribution < 1.29 is 4.92 Å².